The molecule has 4 rings (SSSR count). The predicted octanol–water partition coefficient (Wildman–Crippen LogP) is 5.18. The first-order valence-corrected chi connectivity index (χ1v) is 9.19. The fraction of sp³-hybridized carbons (Fsp3) is 0.0500. The van der Waals surface area contributed by atoms with E-state index in [1.165, 1.54) is 6.33 Å². The topological polar surface area (TPSA) is 91.0 Å². The normalized spacial score (nSPS) is 10.8. The van der Waals surface area contributed by atoms with Crippen molar-refractivity contribution in [1.82, 2.24) is 15.0 Å². The van der Waals surface area contributed by atoms with Crippen LogP contribution in [0.15, 0.2) is 77.0 Å². The highest BCUT2D eigenvalue weighted by Gasteiger charge is 2.26. The average Bonchev–Trinajstić information content (AvgIpc) is 2.70. The van der Waals surface area contributed by atoms with Gasteiger partial charge in [-0.05, 0) is 31.2 Å². The molecule has 0 aliphatic rings. The Hall–Kier alpha value is -3.52. The van der Waals surface area contributed by atoms with Gasteiger partial charge in [0.15, 0.2) is 5.03 Å². The van der Waals surface area contributed by atoms with E-state index in [0.29, 0.717) is 5.75 Å². The first kappa shape index (κ1) is 17.9. The van der Waals surface area contributed by atoms with Crippen molar-refractivity contribution in [3.63, 3.8) is 0 Å². The van der Waals surface area contributed by atoms with E-state index >= 15 is 0 Å². The Morgan fingerprint density at radius 1 is 1.00 bits per heavy atom. The molecule has 0 radical (unpaired) electrons. The Morgan fingerprint density at radius 3 is 2.57 bits per heavy atom. The molecule has 28 heavy (non-hydrogen) atoms. The van der Waals surface area contributed by atoms with Crippen LogP contribution in [0.5, 0.6) is 11.6 Å². The second-order valence-electron chi connectivity index (χ2n) is 5.94. The molecule has 138 valence electrons. The van der Waals surface area contributed by atoms with Gasteiger partial charge in [0.1, 0.15) is 12.1 Å². The number of rotatable bonds is 5. The molecular formula is C20H14N4O3S. The predicted molar refractivity (Wildman–Crippen MR) is 106 cm³/mol. The molecule has 0 saturated heterocycles. The number of para-hydroxylation sites is 1. The number of ether oxygens (including phenoxy) is 1. The van der Waals surface area contributed by atoms with E-state index in [0.717, 1.165) is 33.1 Å². The summed E-state index contributed by atoms with van der Waals surface area (Å²) in [5, 5.41) is 12.9. The first-order valence-electron chi connectivity index (χ1n) is 8.37. The molecular weight excluding hydrogens is 376 g/mol. The van der Waals surface area contributed by atoms with Gasteiger partial charge in [-0.15, -0.1) is 0 Å². The van der Waals surface area contributed by atoms with Gasteiger partial charge in [-0.3, -0.25) is 15.1 Å². The Balaban J connectivity index is 1.74. The van der Waals surface area contributed by atoms with Crippen LogP contribution in [0.25, 0.3) is 10.9 Å². The molecule has 2 aromatic carbocycles. The number of aryl methyl sites for hydroxylation is 1. The second-order valence-corrected chi connectivity index (χ2v) is 6.97. The molecule has 0 N–H and O–H groups in total. The zero-order valence-corrected chi connectivity index (χ0v) is 15.6. The van der Waals surface area contributed by atoms with Gasteiger partial charge in [-0.25, -0.2) is 4.98 Å². The second kappa shape index (κ2) is 7.61. The monoisotopic (exact) mass is 390 g/mol. The van der Waals surface area contributed by atoms with Gasteiger partial charge in [0, 0.05) is 16.5 Å². The Kier molecular flexibility index (Phi) is 4.86. The lowest BCUT2D eigenvalue weighted by Crippen LogP contribution is -2.00. The van der Waals surface area contributed by atoms with Crippen LogP contribution in [0.2, 0.25) is 0 Å². The van der Waals surface area contributed by atoms with E-state index in [9.17, 15) is 10.1 Å². The Bertz CT molecular complexity index is 1160. The molecule has 0 aliphatic carbocycles. The number of benzene rings is 2. The van der Waals surface area contributed by atoms with Crippen LogP contribution in [0, 0.1) is 17.0 Å². The highest BCUT2D eigenvalue weighted by Crippen LogP contribution is 2.40. The molecule has 0 atom stereocenters. The van der Waals surface area contributed by atoms with Gasteiger partial charge in [0.2, 0.25) is 0 Å². The molecule has 0 bridgehead atoms. The maximum atomic E-state index is 11.8. The molecule has 0 amide bonds. The van der Waals surface area contributed by atoms with E-state index in [1.807, 2.05) is 49.4 Å². The molecule has 0 unspecified atom stereocenters. The fourth-order valence-electron chi connectivity index (χ4n) is 2.63. The minimum Gasteiger partial charge on any atom is -0.434 e. The summed E-state index contributed by atoms with van der Waals surface area (Å²) in [7, 11) is 0. The fourth-order valence-corrected chi connectivity index (χ4v) is 3.61. The van der Waals surface area contributed by atoms with Gasteiger partial charge >= 0.3 is 11.6 Å². The van der Waals surface area contributed by atoms with E-state index in [2.05, 4.69) is 15.0 Å². The van der Waals surface area contributed by atoms with Gasteiger partial charge in [-0.2, -0.15) is 4.98 Å². The van der Waals surface area contributed by atoms with Crippen molar-refractivity contribution in [1.29, 1.82) is 0 Å². The Labute approximate surface area is 164 Å². The smallest absolute Gasteiger partial charge is 0.363 e. The zero-order valence-electron chi connectivity index (χ0n) is 14.8. The molecule has 0 aliphatic heterocycles. The van der Waals surface area contributed by atoms with Crippen LogP contribution >= 0.6 is 11.8 Å². The van der Waals surface area contributed by atoms with Crippen molar-refractivity contribution in [2.45, 2.75) is 16.8 Å². The maximum Gasteiger partial charge on any atom is 0.363 e. The molecule has 7 nitrogen and oxygen atoms in total. The molecule has 2 heterocycles. The minimum atomic E-state index is -0.523. The molecule has 2 aromatic heterocycles. The van der Waals surface area contributed by atoms with Crippen LogP contribution in [0.1, 0.15) is 5.56 Å². The van der Waals surface area contributed by atoms with Crippen molar-refractivity contribution in [2.75, 3.05) is 0 Å². The van der Waals surface area contributed by atoms with Crippen molar-refractivity contribution in [3.05, 3.63) is 82.8 Å². The number of nitro groups is 1. The van der Waals surface area contributed by atoms with Crippen LogP contribution in [0.3, 0.4) is 0 Å². The third kappa shape index (κ3) is 3.63. The lowest BCUT2D eigenvalue weighted by molar-refractivity contribution is -0.389. The van der Waals surface area contributed by atoms with Crippen molar-refractivity contribution >= 4 is 28.4 Å². The maximum absolute atomic E-state index is 11.8. The van der Waals surface area contributed by atoms with Gasteiger partial charge in [-0.1, -0.05) is 47.7 Å². The quantitative estimate of drug-likeness (QED) is 0.263. The number of nitrogens with zero attached hydrogens (tertiary/aromatic N) is 4. The third-order valence-electron chi connectivity index (χ3n) is 3.98. The summed E-state index contributed by atoms with van der Waals surface area (Å²) < 4.78 is 5.67. The standard InChI is InChI=1S/C20H14N4O3S/c1-13-7-9-15(10-8-13)27-19-18(24(25)26)20(23-12-22-19)28-16-6-2-4-14-5-3-11-21-17(14)16/h2-12H,1H3. The Morgan fingerprint density at radius 2 is 1.79 bits per heavy atom. The molecule has 0 spiro atoms. The van der Waals surface area contributed by atoms with E-state index in [4.69, 9.17) is 4.74 Å². The summed E-state index contributed by atoms with van der Waals surface area (Å²) in [6.45, 7) is 1.95. The SMILES string of the molecule is Cc1ccc(Oc2ncnc(Sc3cccc4cccnc34)c2[N+](=O)[O-])cc1. The van der Waals surface area contributed by atoms with E-state index < -0.39 is 4.92 Å². The molecule has 0 saturated carbocycles. The van der Waals surface area contributed by atoms with Crippen LogP contribution in [-0.4, -0.2) is 19.9 Å². The summed E-state index contributed by atoms with van der Waals surface area (Å²) >= 11 is 1.16. The van der Waals surface area contributed by atoms with Crippen LogP contribution in [0.4, 0.5) is 5.69 Å². The summed E-state index contributed by atoms with van der Waals surface area (Å²) in [6, 6.07) is 16.6. The first-order chi connectivity index (χ1) is 13.6. The number of aromatic nitrogens is 3. The van der Waals surface area contributed by atoms with Gasteiger partial charge in [0.25, 0.3) is 0 Å². The lowest BCUT2D eigenvalue weighted by atomic mass is 10.2. The van der Waals surface area contributed by atoms with Crippen molar-refractivity contribution < 1.29 is 9.66 Å². The van der Waals surface area contributed by atoms with E-state index in [-0.39, 0.29) is 16.6 Å². The molecule has 0 fully saturated rings. The van der Waals surface area contributed by atoms with E-state index in [1.54, 1.807) is 18.3 Å². The van der Waals surface area contributed by atoms with Gasteiger partial charge in [0.05, 0.1) is 10.4 Å². The van der Waals surface area contributed by atoms with Crippen LogP contribution < -0.4 is 4.74 Å². The summed E-state index contributed by atoms with van der Waals surface area (Å²) in [5.74, 6) is 0.370. The third-order valence-corrected chi connectivity index (χ3v) is 5.02. The van der Waals surface area contributed by atoms with Crippen molar-refractivity contribution in [2.24, 2.45) is 0 Å². The van der Waals surface area contributed by atoms with Crippen molar-refractivity contribution in [3.8, 4) is 11.6 Å². The number of fused-ring (bicyclic) bond motifs is 1. The van der Waals surface area contributed by atoms with Crippen LogP contribution in [-0.2, 0) is 0 Å². The highest BCUT2D eigenvalue weighted by molar-refractivity contribution is 7.99. The average molecular weight is 390 g/mol. The summed E-state index contributed by atoms with van der Waals surface area (Å²) in [6.07, 6.45) is 2.95. The zero-order chi connectivity index (χ0) is 19.5. The number of hydrogen-bond acceptors (Lipinski definition) is 7. The minimum absolute atomic E-state index is 0.0976. The largest absolute Gasteiger partial charge is 0.434 e. The van der Waals surface area contributed by atoms with Gasteiger partial charge < -0.3 is 4.74 Å². The molecule has 4 aromatic rings. The summed E-state index contributed by atoms with van der Waals surface area (Å²) in [4.78, 5) is 24.5. The summed E-state index contributed by atoms with van der Waals surface area (Å²) in [5.41, 5.74) is 1.54. The number of pyridine rings is 1. The molecule has 8 heteroatoms. The lowest BCUT2D eigenvalue weighted by Gasteiger charge is -2.08. The highest BCUT2D eigenvalue weighted by atomic mass is 32.2. The number of hydrogen-bond donors (Lipinski definition) is 0.